The van der Waals surface area contributed by atoms with Crippen molar-refractivity contribution >= 4 is 11.4 Å². The minimum atomic E-state index is 0.181. The fourth-order valence-electron chi connectivity index (χ4n) is 2.99. The Morgan fingerprint density at radius 3 is 2.68 bits per heavy atom. The number of hydrogen-bond acceptors (Lipinski definition) is 3. The Balaban J connectivity index is 2.26. The minimum Gasteiger partial charge on any atom is -0.306 e. The Hall–Kier alpha value is -1.71. The van der Waals surface area contributed by atoms with Crippen LogP contribution >= 0.6 is 0 Å². The average Bonchev–Trinajstić information content (AvgIpc) is 2.51. The van der Waals surface area contributed by atoms with Gasteiger partial charge in [-0.3, -0.25) is 4.79 Å². The van der Waals surface area contributed by atoms with Crippen LogP contribution in [0.4, 0.5) is 0 Å². The number of ketones is 1. The maximum Gasteiger partial charge on any atom is 0.143 e. The van der Waals surface area contributed by atoms with Gasteiger partial charge < -0.3 is 10.2 Å². The quantitative estimate of drug-likeness (QED) is 0.876. The van der Waals surface area contributed by atoms with E-state index in [2.05, 4.69) is 60.6 Å². The van der Waals surface area contributed by atoms with Crippen molar-refractivity contribution in [3.63, 3.8) is 0 Å². The van der Waals surface area contributed by atoms with Gasteiger partial charge in [0.15, 0.2) is 0 Å². The van der Waals surface area contributed by atoms with Crippen LogP contribution in [0.2, 0.25) is 0 Å². The van der Waals surface area contributed by atoms with E-state index in [0.29, 0.717) is 6.54 Å². The molecule has 3 nitrogen and oxygen atoms in total. The standard InChI is InChI=1S/C19H26N2O/c1-4-18(16-8-6-5-7-9-16)19-10-11-21(3)14-17(19)13-20-12-15(2)22/h4-9,20H,10-14H2,1-3H3/b18-4-. The molecule has 1 aliphatic heterocycles. The van der Waals surface area contributed by atoms with Crippen molar-refractivity contribution in [2.24, 2.45) is 0 Å². The van der Waals surface area contributed by atoms with E-state index in [1.54, 1.807) is 6.92 Å². The molecule has 1 aromatic carbocycles. The zero-order valence-electron chi connectivity index (χ0n) is 13.9. The van der Waals surface area contributed by atoms with Crippen molar-refractivity contribution in [3.8, 4) is 0 Å². The predicted octanol–water partition coefficient (Wildman–Crippen LogP) is 2.90. The summed E-state index contributed by atoms with van der Waals surface area (Å²) in [5, 5.41) is 3.27. The highest BCUT2D eigenvalue weighted by Gasteiger charge is 2.19. The van der Waals surface area contributed by atoms with Crippen LogP contribution < -0.4 is 5.32 Å². The van der Waals surface area contributed by atoms with Crippen LogP contribution in [-0.4, -0.2) is 43.9 Å². The summed E-state index contributed by atoms with van der Waals surface area (Å²) in [6.07, 6.45) is 3.27. The Morgan fingerprint density at radius 1 is 1.32 bits per heavy atom. The zero-order chi connectivity index (χ0) is 15.9. The average molecular weight is 298 g/mol. The van der Waals surface area contributed by atoms with Crippen LogP contribution in [0.3, 0.4) is 0 Å². The highest BCUT2D eigenvalue weighted by Crippen LogP contribution is 2.30. The Bertz CT molecular complexity index is 572. The van der Waals surface area contributed by atoms with Crippen molar-refractivity contribution in [1.82, 2.24) is 10.2 Å². The highest BCUT2D eigenvalue weighted by molar-refractivity contribution is 5.80. The maximum absolute atomic E-state index is 11.1. The third-order valence-electron chi connectivity index (χ3n) is 4.04. The molecule has 0 saturated carbocycles. The number of Topliss-reactive ketones (excluding diaryl/α,β-unsaturated/α-hetero) is 1. The van der Waals surface area contributed by atoms with Gasteiger partial charge in [0.05, 0.1) is 6.54 Å². The van der Waals surface area contributed by atoms with Gasteiger partial charge in [-0.05, 0) is 49.6 Å². The van der Waals surface area contributed by atoms with Gasteiger partial charge in [-0.25, -0.2) is 0 Å². The largest absolute Gasteiger partial charge is 0.306 e. The summed E-state index contributed by atoms with van der Waals surface area (Å²) < 4.78 is 0. The monoisotopic (exact) mass is 298 g/mol. The summed E-state index contributed by atoms with van der Waals surface area (Å²) in [5.74, 6) is 0.181. The molecule has 0 saturated heterocycles. The first-order chi connectivity index (χ1) is 10.6. The first kappa shape index (κ1) is 16.7. The number of carbonyl (C=O) groups is 1. The molecule has 0 aliphatic carbocycles. The molecule has 3 heteroatoms. The number of nitrogens with zero attached hydrogens (tertiary/aromatic N) is 1. The summed E-state index contributed by atoms with van der Waals surface area (Å²) in [7, 11) is 2.15. The summed E-state index contributed by atoms with van der Waals surface area (Å²) in [4.78, 5) is 13.5. The summed E-state index contributed by atoms with van der Waals surface area (Å²) in [6, 6.07) is 10.6. The molecule has 1 aromatic rings. The summed E-state index contributed by atoms with van der Waals surface area (Å²) in [6.45, 7) is 6.99. The van der Waals surface area contributed by atoms with Gasteiger partial charge in [-0.1, -0.05) is 36.4 Å². The molecule has 1 heterocycles. The molecule has 0 atom stereocenters. The smallest absolute Gasteiger partial charge is 0.143 e. The minimum absolute atomic E-state index is 0.181. The fraction of sp³-hybridized carbons (Fsp3) is 0.421. The topological polar surface area (TPSA) is 32.3 Å². The van der Waals surface area contributed by atoms with Crippen LogP contribution in [0.1, 0.15) is 25.8 Å². The van der Waals surface area contributed by atoms with Gasteiger partial charge in [-0.15, -0.1) is 0 Å². The van der Waals surface area contributed by atoms with Gasteiger partial charge in [0.2, 0.25) is 0 Å². The molecule has 118 valence electrons. The molecule has 0 radical (unpaired) electrons. The lowest BCUT2D eigenvalue weighted by atomic mass is 9.89. The second-order valence-corrected chi connectivity index (χ2v) is 5.94. The Labute approximate surface area is 133 Å². The van der Waals surface area contributed by atoms with Crippen LogP contribution in [0.15, 0.2) is 47.6 Å². The predicted molar refractivity (Wildman–Crippen MR) is 92.8 cm³/mol. The van der Waals surface area contributed by atoms with E-state index < -0.39 is 0 Å². The molecule has 0 spiro atoms. The molecule has 0 fully saturated rings. The Morgan fingerprint density at radius 2 is 2.05 bits per heavy atom. The molecule has 0 bridgehead atoms. The maximum atomic E-state index is 11.1. The van der Waals surface area contributed by atoms with E-state index in [1.807, 2.05) is 0 Å². The third kappa shape index (κ3) is 4.39. The molecule has 0 amide bonds. The van der Waals surface area contributed by atoms with E-state index in [9.17, 15) is 4.79 Å². The summed E-state index contributed by atoms with van der Waals surface area (Å²) >= 11 is 0. The van der Waals surface area contributed by atoms with Gasteiger partial charge in [0.25, 0.3) is 0 Å². The van der Waals surface area contributed by atoms with E-state index in [1.165, 1.54) is 22.3 Å². The molecule has 1 N–H and O–H groups in total. The lowest BCUT2D eigenvalue weighted by Crippen LogP contribution is -2.34. The van der Waals surface area contributed by atoms with E-state index >= 15 is 0 Å². The van der Waals surface area contributed by atoms with Gasteiger partial charge in [0, 0.05) is 19.6 Å². The van der Waals surface area contributed by atoms with E-state index in [4.69, 9.17) is 0 Å². The van der Waals surface area contributed by atoms with Crippen LogP contribution in [0.25, 0.3) is 5.57 Å². The molecule has 0 unspecified atom stereocenters. The van der Waals surface area contributed by atoms with Crippen LogP contribution in [0, 0.1) is 0 Å². The van der Waals surface area contributed by atoms with Crippen molar-refractivity contribution in [1.29, 1.82) is 0 Å². The number of carbonyl (C=O) groups excluding carboxylic acids is 1. The summed E-state index contributed by atoms with van der Waals surface area (Å²) in [5.41, 5.74) is 5.43. The van der Waals surface area contributed by atoms with Crippen molar-refractivity contribution in [2.75, 3.05) is 33.2 Å². The third-order valence-corrected chi connectivity index (χ3v) is 4.04. The lowest BCUT2D eigenvalue weighted by molar-refractivity contribution is -0.116. The highest BCUT2D eigenvalue weighted by atomic mass is 16.1. The number of benzene rings is 1. The van der Waals surface area contributed by atoms with Crippen molar-refractivity contribution in [2.45, 2.75) is 20.3 Å². The van der Waals surface area contributed by atoms with Crippen molar-refractivity contribution in [3.05, 3.63) is 53.1 Å². The van der Waals surface area contributed by atoms with Crippen LogP contribution in [0.5, 0.6) is 0 Å². The van der Waals surface area contributed by atoms with E-state index in [-0.39, 0.29) is 5.78 Å². The number of allylic oxidation sites excluding steroid dienone is 2. The molecular weight excluding hydrogens is 272 g/mol. The SMILES string of the molecule is C/C=C(\C1=C(CNCC(C)=O)CN(C)CC1)c1ccccc1. The Kier molecular flexibility index (Phi) is 6.10. The van der Waals surface area contributed by atoms with Crippen molar-refractivity contribution < 1.29 is 4.79 Å². The normalized spacial score (nSPS) is 17.0. The second-order valence-electron chi connectivity index (χ2n) is 5.94. The molecule has 1 aliphatic rings. The van der Waals surface area contributed by atoms with Gasteiger partial charge >= 0.3 is 0 Å². The number of rotatable bonds is 6. The molecule has 2 rings (SSSR count). The molecule has 22 heavy (non-hydrogen) atoms. The van der Waals surface area contributed by atoms with Gasteiger partial charge in [0.1, 0.15) is 5.78 Å². The molecule has 0 aromatic heterocycles. The second kappa shape index (κ2) is 8.06. The number of hydrogen-bond donors (Lipinski definition) is 1. The van der Waals surface area contributed by atoms with E-state index in [0.717, 1.165) is 26.1 Å². The number of likely N-dealkylation sites (N-methyl/N-ethyl adjacent to an activating group) is 1. The number of nitrogens with one attached hydrogen (secondary N) is 1. The lowest BCUT2D eigenvalue weighted by Gasteiger charge is -2.29. The zero-order valence-corrected chi connectivity index (χ0v) is 13.9. The molecular formula is C19H26N2O. The van der Waals surface area contributed by atoms with Crippen LogP contribution in [-0.2, 0) is 4.79 Å². The van der Waals surface area contributed by atoms with Gasteiger partial charge in [-0.2, -0.15) is 0 Å². The first-order valence-electron chi connectivity index (χ1n) is 7.93. The first-order valence-corrected chi connectivity index (χ1v) is 7.93. The fourth-order valence-corrected chi connectivity index (χ4v) is 2.99.